The van der Waals surface area contributed by atoms with Crippen LogP contribution in [0.25, 0.3) is 10.9 Å². The molecule has 0 aliphatic carbocycles. The average Bonchev–Trinajstić information content (AvgIpc) is 3.39. The summed E-state index contributed by atoms with van der Waals surface area (Å²) in [5.74, 6) is -0.468. The highest BCUT2D eigenvalue weighted by atomic mass is 32.2. The van der Waals surface area contributed by atoms with Crippen molar-refractivity contribution >= 4 is 44.3 Å². The number of carbonyl (C=O) groups excluding carboxylic acids is 2. The number of aromatic amines is 1. The van der Waals surface area contributed by atoms with Crippen molar-refractivity contribution in [2.24, 2.45) is 0 Å². The lowest BCUT2D eigenvalue weighted by Gasteiger charge is -2.36. The number of ether oxygens (including phenoxy) is 1. The first-order valence-corrected chi connectivity index (χ1v) is 16.1. The average molecular weight is 618 g/mol. The van der Waals surface area contributed by atoms with Crippen LogP contribution in [0.5, 0.6) is 0 Å². The Hall–Kier alpha value is -4.35. The number of aromatic nitrogens is 1. The second kappa shape index (κ2) is 12.7. The van der Waals surface area contributed by atoms with E-state index in [1.807, 2.05) is 70.3 Å². The molecule has 3 N–H and O–H groups in total. The molecule has 10 nitrogen and oxygen atoms in total. The molecule has 0 spiro atoms. The van der Waals surface area contributed by atoms with Crippen LogP contribution in [0.15, 0.2) is 83.9 Å². The third-order valence-corrected chi connectivity index (χ3v) is 8.96. The van der Waals surface area contributed by atoms with Gasteiger partial charge >= 0.3 is 6.09 Å². The maximum Gasteiger partial charge on any atom is 0.410 e. The van der Waals surface area contributed by atoms with E-state index in [-0.39, 0.29) is 17.4 Å². The minimum absolute atomic E-state index is 0.0935. The van der Waals surface area contributed by atoms with Crippen LogP contribution in [0.3, 0.4) is 0 Å². The molecule has 11 heteroatoms. The van der Waals surface area contributed by atoms with Gasteiger partial charge in [-0.1, -0.05) is 35.9 Å². The number of nitrogens with zero attached hydrogens (tertiary/aromatic N) is 2. The van der Waals surface area contributed by atoms with Crippen molar-refractivity contribution in [2.45, 2.75) is 50.7 Å². The highest BCUT2D eigenvalue weighted by molar-refractivity contribution is 7.89. The fourth-order valence-electron chi connectivity index (χ4n) is 5.14. The van der Waals surface area contributed by atoms with Gasteiger partial charge in [-0.15, -0.1) is 0 Å². The molecule has 232 valence electrons. The first-order chi connectivity index (χ1) is 20.9. The summed E-state index contributed by atoms with van der Waals surface area (Å²) in [5, 5.41) is 3.82. The van der Waals surface area contributed by atoms with Crippen molar-refractivity contribution in [1.29, 1.82) is 0 Å². The van der Waals surface area contributed by atoms with Gasteiger partial charge in [0.05, 0.1) is 4.90 Å². The zero-order valence-electron chi connectivity index (χ0n) is 25.5. The molecule has 2 amide bonds. The van der Waals surface area contributed by atoms with Crippen LogP contribution in [0.2, 0.25) is 0 Å². The molecule has 0 saturated carbocycles. The number of hydrogen-bond acceptors (Lipinski definition) is 6. The summed E-state index contributed by atoms with van der Waals surface area (Å²) < 4.78 is 34.8. The standard InChI is InChI=1S/C33H39N5O5S/c1-23-9-15-27(16-10-23)44(41,42)36-30(21-24-22-34-29-8-6-5-7-28(24)29)31(39)35-25-11-13-26(14-12-25)37-17-19-38(20-18-37)32(40)43-33(2,3)4/h5-16,22,30,34,36H,17-21H2,1-4H3,(H,35,39). The number of carbonyl (C=O) groups is 2. The maximum absolute atomic E-state index is 13.6. The molecule has 3 aromatic carbocycles. The van der Waals surface area contributed by atoms with Crippen molar-refractivity contribution < 1.29 is 22.7 Å². The van der Waals surface area contributed by atoms with Crippen LogP contribution in [0, 0.1) is 6.92 Å². The second-order valence-electron chi connectivity index (χ2n) is 12.0. The molecule has 1 fully saturated rings. The maximum atomic E-state index is 13.6. The number of rotatable bonds is 8. The zero-order valence-corrected chi connectivity index (χ0v) is 26.3. The van der Waals surface area contributed by atoms with Gasteiger partial charge in [0, 0.05) is 54.7 Å². The molecule has 1 aromatic heterocycles. The van der Waals surface area contributed by atoms with Crippen LogP contribution in [-0.2, 0) is 26.0 Å². The van der Waals surface area contributed by atoms with Crippen molar-refractivity contribution in [3.63, 3.8) is 0 Å². The molecule has 0 bridgehead atoms. The molecule has 2 heterocycles. The summed E-state index contributed by atoms with van der Waals surface area (Å²) in [6.07, 6.45) is 1.65. The Morgan fingerprint density at radius 2 is 1.59 bits per heavy atom. The van der Waals surface area contributed by atoms with Crippen LogP contribution >= 0.6 is 0 Å². The van der Waals surface area contributed by atoms with Gasteiger partial charge in [0.2, 0.25) is 15.9 Å². The molecule has 4 aromatic rings. The third kappa shape index (κ3) is 7.59. The predicted octanol–water partition coefficient (Wildman–Crippen LogP) is 5.06. The minimum atomic E-state index is -3.98. The fourth-order valence-corrected chi connectivity index (χ4v) is 6.34. The number of benzene rings is 3. The number of aryl methyl sites for hydroxylation is 1. The van der Waals surface area contributed by atoms with Gasteiger partial charge in [-0.05, 0) is 82.1 Å². The van der Waals surface area contributed by atoms with Gasteiger partial charge in [0.15, 0.2) is 0 Å². The van der Waals surface area contributed by atoms with E-state index >= 15 is 0 Å². The SMILES string of the molecule is Cc1ccc(S(=O)(=O)NC(Cc2c[nH]c3ccccc23)C(=O)Nc2ccc(N3CCN(C(=O)OC(C)(C)C)CC3)cc2)cc1. The summed E-state index contributed by atoms with van der Waals surface area (Å²) >= 11 is 0. The zero-order chi connectivity index (χ0) is 31.5. The first kappa shape index (κ1) is 31.1. The first-order valence-electron chi connectivity index (χ1n) is 14.7. The Kier molecular flexibility index (Phi) is 8.98. The van der Waals surface area contributed by atoms with Crippen LogP contribution in [0.1, 0.15) is 31.9 Å². The lowest BCUT2D eigenvalue weighted by Crippen LogP contribution is -2.50. The monoisotopic (exact) mass is 617 g/mol. The number of H-pyrrole nitrogens is 1. The van der Waals surface area contributed by atoms with E-state index in [1.54, 1.807) is 29.2 Å². The Morgan fingerprint density at radius 3 is 2.25 bits per heavy atom. The van der Waals surface area contributed by atoms with E-state index in [2.05, 4.69) is 19.9 Å². The quantitative estimate of drug-likeness (QED) is 0.254. The van der Waals surface area contributed by atoms with Gasteiger partial charge in [-0.2, -0.15) is 4.72 Å². The lowest BCUT2D eigenvalue weighted by molar-refractivity contribution is -0.117. The molecule has 0 radical (unpaired) electrons. The van der Waals surface area contributed by atoms with Crippen molar-refractivity contribution in [3.05, 3.63) is 90.1 Å². The number of hydrogen-bond donors (Lipinski definition) is 3. The van der Waals surface area contributed by atoms with Crippen LogP contribution < -0.4 is 14.9 Å². The molecule has 1 atom stereocenters. The molecule has 1 saturated heterocycles. The Balaban J connectivity index is 1.28. The van der Waals surface area contributed by atoms with Gasteiger partial charge in [0.1, 0.15) is 11.6 Å². The molecule has 44 heavy (non-hydrogen) atoms. The van der Waals surface area contributed by atoms with E-state index in [9.17, 15) is 18.0 Å². The normalized spacial score (nSPS) is 14.8. The van der Waals surface area contributed by atoms with Gasteiger partial charge in [-0.25, -0.2) is 13.2 Å². The van der Waals surface area contributed by atoms with Crippen molar-refractivity contribution in [3.8, 4) is 0 Å². The molecule has 1 aliphatic rings. The highest BCUT2D eigenvalue weighted by Crippen LogP contribution is 2.23. The number of amides is 2. The molecule has 1 aliphatic heterocycles. The number of piperazine rings is 1. The van der Waals surface area contributed by atoms with Gasteiger partial charge < -0.3 is 24.8 Å². The fraction of sp³-hybridized carbons (Fsp3) is 0.333. The largest absolute Gasteiger partial charge is 0.444 e. The summed E-state index contributed by atoms with van der Waals surface area (Å²) in [6.45, 7) is 9.83. The van der Waals surface area contributed by atoms with Crippen molar-refractivity contribution in [2.75, 3.05) is 36.4 Å². The van der Waals surface area contributed by atoms with E-state index in [0.717, 1.165) is 27.7 Å². The topological polar surface area (TPSA) is 124 Å². The smallest absolute Gasteiger partial charge is 0.410 e. The van der Waals surface area contributed by atoms with Gasteiger partial charge in [0.25, 0.3) is 0 Å². The molecular formula is C33H39N5O5S. The van der Waals surface area contributed by atoms with E-state index in [1.165, 1.54) is 12.1 Å². The number of sulfonamides is 1. The van der Waals surface area contributed by atoms with E-state index < -0.39 is 27.6 Å². The lowest BCUT2D eigenvalue weighted by atomic mass is 10.0. The summed E-state index contributed by atoms with van der Waals surface area (Å²) in [4.78, 5) is 33.2. The minimum Gasteiger partial charge on any atom is -0.444 e. The molecule has 1 unspecified atom stereocenters. The van der Waals surface area contributed by atoms with Gasteiger partial charge in [-0.3, -0.25) is 4.79 Å². The number of fused-ring (bicyclic) bond motifs is 1. The summed E-state index contributed by atoms with van der Waals surface area (Å²) in [5.41, 5.74) is 3.64. The Labute approximate surface area is 258 Å². The molecule has 5 rings (SSSR count). The number of anilines is 2. The number of para-hydroxylation sites is 1. The summed E-state index contributed by atoms with van der Waals surface area (Å²) in [7, 11) is -3.98. The summed E-state index contributed by atoms with van der Waals surface area (Å²) in [6, 6.07) is 20.5. The van der Waals surface area contributed by atoms with Crippen molar-refractivity contribution in [1.82, 2.24) is 14.6 Å². The van der Waals surface area contributed by atoms with Crippen LogP contribution in [0.4, 0.5) is 16.2 Å². The predicted molar refractivity (Wildman–Crippen MR) is 172 cm³/mol. The van der Waals surface area contributed by atoms with Crippen LogP contribution in [-0.4, -0.2) is 68.1 Å². The van der Waals surface area contributed by atoms with E-state index in [0.29, 0.717) is 31.9 Å². The number of nitrogens with one attached hydrogen (secondary N) is 3. The Morgan fingerprint density at radius 1 is 0.932 bits per heavy atom. The second-order valence-corrected chi connectivity index (χ2v) is 13.8. The molecular weight excluding hydrogens is 578 g/mol. The Bertz CT molecular complexity index is 1720. The third-order valence-electron chi connectivity index (χ3n) is 7.48. The highest BCUT2D eigenvalue weighted by Gasteiger charge is 2.28. The van der Waals surface area contributed by atoms with E-state index in [4.69, 9.17) is 4.74 Å².